The number of thiocarbonyl (C=S) groups is 1. The van der Waals surface area contributed by atoms with Crippen LogP contribution in [0.1, 0.15) is 11.1 Å². The topological polar surface area (TPSA) is 59.6 Å². The molecule has 0 aliphatic carbocycles. The molecule has 1 N–H and O–H groups in total. The first-order valence-corrected chi connectivity index (χ1v) is 6.63. The zero-order valence-corrected chi connectivity index (χ0v) is 11.9. The Balaban J connectivity index is 2.40. The highest BCUT2D eigenvalue weighted by atomic mass is 32.1. The quantitative estimate of drug-likeness (QED) is 0.695. The van der Waals surface area contributed by atoms with Gasteiger partial charge in [-0.25, -0.2) is 0 Å². The summed E-state index contributed by atoms with van der Waals surface area (Å²) in [4.78, 5) is 0.470. The first kappa shape index (κ1) is 14.5. The highest BCUT2D eigenvalue weighted by molar-refractivity contribution is 7.80. The molecule has 0 unspecified atom stereocenters. The number of benzene rings is 2. The number of nitrogens with zero attached hydrogens (tertiary/aromatic N) is 2. The van der Waals surface area contributed by atoms with Crippen LogP contribution in [0.3, 0.4) is 0 Å². The molecule has 0 amide bonds. The van der Waals surface area contributed by atoms with Crippen molar-refractivity contribution in [3.63, 3.8) is 0 Å². The van der Waals surface area contributed by atoms with E-state index < -0.39 is 0 Å². The summed E-state index contributed by atoms with van der Waals surface area (Å²) in [5.41, 5.74) is 2.00. The van der Waals surface area contributed by atoms with E-state index in [9.17, 15) is 0 Å². The van der Waals surface area contributed by atoms with Crippen molar-refractivity contribution in [1.29, 1.82) is 10.5 Å². The molecule has 0 aliphatic rings. The Morgan fingerprint density at radius 1 is 0.810 bits per heavy atom. The van der Waals surface area contributed by atoms with Crippen molar-refractivity contribution < 1.29 is 0 Å². The summed E-state index contributed by atoms with van der Waals surface area (Å²) in [6.45, 7) is 0. The summed E-state index contributed by atoms with van der Waals surface area (Å²) in [5, 5.41) is 21.3. The van der Waals surface area contributed by atoms with Crippen LogP contribution in [0, 0.1) is 22.7 Å². The van der Waals surface area contributed by atoms with Crippen LogP contribution in [0.2, 0.25) is 0 Å². The second kappa shape index (κ2) is 7.00. The molecular formula is C17H11N3S. The zero-order chi connectivity index (χ0) is 15.1. The summed E-state index contributed by atoms with van der Waals surface area (Å²) < 4.78 is 0. The molecule has 100 valence electrons. The van der Waals surface area contributed by atoms with Gasteiger partial charge in [0.15, 0.2) is 5.57 Å². The monoisotopic (exact) mass is 289 g/mol. The fraction of sp³-hybridized carbons (Fsp3) is 0. The molecule has 0 bridgehead atoms. The molecule has 21 heavy (non-hydrogen) atoms. The molecule has 0 saturated carbocycles. The summed E-state index contributed by atoms with van der Waals surface area (Å²) in [6, 6.07) is 22.4. The molecule has 3 nitrogen and oxygen atoms in total. The average molecular weight is 289 g/mol. The van der Waals surface area contributed by atoms with E-state index in [1.54, 1.807) is 0 Å². The average Bonchev–Trinajstić information content (AvgIpc) is 2.56. The smallest absolute Gasteiger partial charge is 0.153 e. The van der Waals surface area contributed by atoms with Crippen molar-refractivity contribution in [2.75, 3.05) is 0 Å². The van der Waals surface area contributed by atoms with E-state index in [0.717, 1.165) is 11.1 Å². The fourth-order valence-electron chi connectivity index (χ4n) is 1.80. The molecule has 4 heteroatoms. The number of hydrogen-bond donors (Lipinski definition) is 1. The Hall–Kier alpha value is -2.95. The van der Waals surface area contributed by atoms with Crippen molar-refractivity contribution in [2.45, 2.75) is 0 Å². The largest absolute Gasteiger partial charge is 0.344 e. The molecule has 0 aromatic heterocycles. The highest BCUT2D eigenvalue weighted by Crippen LogP contribution is 2.16. The van der Waals surface area contributed by atoms with Gasteiger partial charge < -0.3 is 5.32 Å². The van der Waals surface area contributed by atoms with Gasteiger partial charge in [-0.15, -0.1) is 0 Å². The van der Waals surface area contributed by atoms with Crippen molar-refractivity contribution >= 4 is 22.9 Å². The van der Waals surface area contributed by atoms with Crippen LogP contribution in [0.15, 0.2) is 66.2 Å². The lowest BCUT2D eigenvalue weighted by Crippen LogP contribution is -2.22. The van der Waals surface area contributed by atoms with E-state index in [4.69, 9.17) is 22.7 Å². The number of nitriles is 2. The molecule has 0 aliphatic heterocycles. The lowest BCUT2D eigenvalue weighted by molar-refractivity contribution is 1.29. The molecule has 0 spiro atoms. The molecule has 2 aromatic rings. The SMILES string of the molecule is N#CC(C#N)=C(NC(=S)c1ccccc1)c1ccccc1. The van der Waals surface area contributed by atoms with Gasteiger partial charge in [0.1, 0.15) is 17.1 Å². The van der Waals surface area contributed by atoms with Crippen LogP contribution >= 0.6 is 12.2 Å². The summed E-state index contributed by atoms with van der Waals surface area (Å²) >= 11 is 5.35. The predicted octanol–water partition coefficient (Wildman–Crippen LogP) is 3.41. The fourth-order valence-corrected chi connectivity index (χ4v) is 2.03. The summed E-state index contributed by atoms with van der Waals surface area (Å²) in [5.74, 6) is 0. The van der Waals surface area contributed by atoms with E-state index >= 15 is 0 Å². The maximum Gasteiger partial charge on any atom is 0.153 e. The van der Waals surface area contributed by atoms with Gasteiger partial charge in [-0.2, -0.15) is 10.5 Å². The molecule has 2 aromatic carbocycles. The van der Waals surface area contributed by atoms with Gasteiger partial charge in [0.05, 0.1) is 5.70 Å². The van der Waals surface area contributed by atoms with Crippen molar-refractivity contribution in [3.05, 3.63) is 77.4 Å². The third-order valence-corrected chi connectivity index (χ3v) is 3.15. The van der Waals surface area contributed by atoms with Gasteiger partial charge in [0.25, 0.3) is 0 Å². The Morgan fingerprint density at radius 2 is 1.29 bits per heavy atom. The van der Waals surface area contributed by atoms with Gasteiger partial charge in [-0.1, -0.05) is 72.9 Å². The molecule has 0 fully saturated rings. The number of rotatable bonds is 3. The standard InChI is InChI=1S/C17H11N3S/c18-11-15(12-19)16(13-7-3-1-4-8-13)20-17(21)14-9-5-2-6-10-14/h1-10H,(H,20,21). The Kier molecular flexibility index (Phi) is 4.82. The van der Waals surface area contributed by atoms with E-state index in [2.05, 4.69) is 5.32 Å². The van der Waals surface area contributed by atoms with Crippen molar-refractivity contribution in [3.8, 4) is 12.1 Å². The van der Waals surface area contributed by atoms with E-state index in [-0.39, 0.29) is 5.57 Å². The van der Waals surface area contributed by atoms with E-state index in [0.29, 0.717) is 10.7 Å². The lowest BCUT2D eigenvalue weighted by atomic mass is 10.1. The predicted molar refractivity (Wildman–Crippen MR) is 85.9 cm³/mol. The minimum atomic E-state index is -0.000480. The van der Waals surface area contributed by atoms with Crippen LogP contribution in [0.5, 0.6) is 0 Å². The molecule has 2 rings (SSSR count). The van der Waals surface area contributed by atoms with Crippen LogP contribution in [0.4, 0.5) is 0 Å². The molecule has 0 radical (unpaired) electrons. The third kappa shape index (κ3) is 3.54. The van der Waals surface area contributed by atoms with Crippen molar-refractivity contribution in [1.82, 2.24) is 5.32 Å². The lowest BCUT2D eigenvalue weighted by Gasteiger charge is -2.12. The van der Waals surface area contributed by atoms with Gasteiger partial charge in [0.2, 0.25) is 0 Å². The minimum Gasteiger partial charge on any atom is -0.344 e. The second-order valence-corrected chi connectivity index (χ2v) is 4.57. The summed E-state index contributed by atoms with van der Waals surface area (Å²) in [7, 11) is 0. The van der Waals surface area contributed by atoms with Crippen LogP contribution in [-0.2, 0) is 0 Å². The second-order valence-electron chi connectivity index (χ2n) is 4.16. The molecule has 0 saturated heterocycles. The Labute approximate surface area is 128 Å². The highest BCUT2D eigenvalue weighted by Gasteiger charge is 2.11. The minimum absolute atomic E-state index is 0.000480. The molecule has 0 heterocycles. The Bertz CT molecular complexity index is 734. The first-order valence-electron chi connectivity index (χ1n) is 6.22. The van der Waals surface area contributed by atoms with Gasteiger partial charge >= 0.3 is 0 Å². The normalized spacial score (nSPS) is 9.05. The van der Waals surface area contributed by atoms with E-state index in [1.165, 1.54) is 0 Å². The third-order valence-electron chi connectivity index (χ3n) is 2.81. The maximum absolute atomic E-state index is 9.13. The van der Waals surface area contributed by atoms with Crippen LogP contribution in [-0.4, -0.2) is 4.99 Å². The van der Waals surface area contributed by atoms with Gasteiger partial charge in [0, 0.05) is 11.1 Å². The van der Waals surface area contributed by atoms with Crippen LogP contribution < -0.4 is 5.32 Å². The number of nitrogens with one attached hydrogen (secondary N) is 1. The summed E-state index contributed by atoms with van der Waals surface area (Å²) in [6.07, 6.45) is 0. The van der Waals surface area contributed by atoms with Gasteiger partial charge in [-0.05, 0) is 0 Å². The molecular weight excluding hydrogens is 278 g/mol. The van der Waals surface area contributed by atoms with Crippen LogP contribution in [0.25, 0.3) is 5.70 Å². The van der Waals surface area contributed by atoms with Crippen molar-refractivity contribution in [2.24, 2.45) is 0 Å². The number of allylic oxidation sites excluding steroid dienone is 1. The van der Waals surface area contributed by atoms with Gasteiger partial charge in [-0.3, -0.25) is 0 Å². The molecule has 0 atom stereocenters. The maximum atomic E-state index is 9.13. The van der Waals surface area contributed by atoms with E-state index in [1.807, 2.05) is 72.8 Å². The first-order chi connectivity index (χ1) is 10.3. The zero-order valence-electron chi connectivity index (χ0n) is 11.1. The Morgan fingerprint density at radius 3 is 1.76 bits per heavy atom. The number of hydrogen-bond acceptors (Lipinski definition) is 3.